The Labute approximate surface area is 177 Å². The molecule has 6 nitrogen and oxygen atoms in total. The van der Waals surface area contributed by atoms with Crippen LogP contribution in [0.3, 0.4) is 0 Å². The van der Waals surface area contributed by atoms with Gasteiger partial charge in [-0.3, -0.25) is 9.59 Å². The van der Waals surface area contributed by atoms with Gasteiger partial charge >= 0.3 is 0 Å². The van der Waals surface area contributed by atoms with Crippen molar-refractivity contribution in [1.29, 1.82) is 0 Å². The minimum Gasteiger partial charge on any atom is -0.334 e. The fraction of sp³-hybridized carbons (Fsp3) is 0.500. The van der Waals surface area contributed by atoms with Crippen LogP contribution in [-0.4, -0.2) is 56.0 Å². The second-order valence-electron chi connectivity index (χ2n) is 9.27. The molecule has 2 amide bonds. The van der Waals surface area contributed by atoms with Crippen LogP contribution in [0.5, 0.6) is 0 Å². The summed E-state index contributed by atoms with van der Waals surface area (Å²) in [6, 6.07) is 12.4. The molecule has 0 spiro atoms. The van der Waals surface area contributed by atoms with E-state index in [-0.39, 0.29) is 41.4 Å². The number of amides is 2. The highest BCUT2D eigenvalue weighted by molar-refractivity contribution is 5.95. The first kappa shape index (κ1) is 19.2. The number of rotatable bonds is 3. The van der Waals surface area contributed by atoms with Crippen molar-refractivity contribution in [3.05, 3.63) is 59.9 Å². The fourth-order valence-corrected chi connectivity index (χ4v) is 6.49. The summed E-state index contributed by atoms with van der Waals surface area (Å²) in [6.45, 7) is 3.98. The van der Waals surface area contributed by atoms with Gasteiger partial charge in [-0.1, -0.05) is 37.3 Å². The number of piperidine rings is 1. The number of likely N-dealkylation sites (tertiary alicyclic amines) is 2. The fourth-order valence-electron chi connectivity index (χ4n) is 6.49. The first-order chi connectivity index (χ1) is 14.5. The van der Waals surface area contributed by atoms with Crippen LogP contribution in [0.4, 0.5) is 0 Å². The standard InChI is InChI=1S/C24H28N4O2/c1-16(29)27-19(13-17-7-4-3-5-8-17)20-14-24(2)21(27)9-6-10-22(24)28(20)23(30)18-11-12-25-26-15-18/h3-5,7-8,11-12,15,19-22H,6,9-10,13-14H2,1-2H3/t19-,20+,21-,22+,24-/m1/s1. The quantitative estimate of drug-likeness (QED) is 0.789. The van der Waals surface area contributed by atoms with Crippen LogP contribution >= 0.6 is 0 Å². The lowest BCUT2D eigenvalue weighted by Crippen LogP contribution is -2.62. The molecule has 2 aliphatic heterocycles. The molecule has 0 unspecified atom stereocenters. The van der Waals surface area contributed by atoms with Gasteiger partial charge in [0.1, 0.15) is 0 Å². The average Bonchev–Trinajstić information content (AvgIpc) is 3.07. The SMILES string of the molecule is CC(=O)N1[C@H](Cc2ccccc2)[C@@H]2C[C@@]3(C)[C@H](CCC[C@@H]13)N2C(=O)c1ccnnc1. The maximum absolute atomic E-state index is 13.7. The summed E-state index contributed by atoms with van der Waals surface area (Å²) >= 11 is 0. The number of aromatic nitrogens is 2. The molecule has 1 aliphatic carbocycles. The van der Waals surface area contributed by atoms with Crippen LogP contribution in [0.1, 0.15) is 55.5 Å². The molecule has 1 aromatic heterocycles. The summed E-state index contributed by atoms with van der Waals surface area (Å²) in [4.78, 5) is 30.8. The molecule has 5 atom stereocenters. The lowest BCUT2D eigenvalue weighted by Gasteiger charge is -2.52. The molecule has 156 valence electrons. The van der Waals surface area contributed by atoms with Gasteiger partial charge in [-0.25, -0.2) is 0 Å². The van der Waals surface area contributed by atoms with Crippen molar-refractivity contribution in [2.45, 2.75) is 70.1 Å². The van der Waals surface area contributed by atoms with Crippen molar-refractivity contribution in [3.8, 4) is 0 Å². The summed E-state index contributed by atoms with van der Waals surface area (Å²) in [5, 5.41) is 7.76. The minimum atomic E-state index is -0.0576. The molecule has 5 rings (SSSR count). The van der Waals surface area contributed by atoms with Gasteiger partial charge < -0.3 is 9.80 Å². The van der Waals surface area contributed by atoms with Crippen molar-refractivity contribution in [2.24, 2.45) is 5.41 Å². The van der Waals surface area contributed by atoms with E-state index in [0.29, 0.717) is 5.56 Å². The van der Waals surface area contributed by atoms with E-state index in [1.165, 1.54) is 5.56 Å². The maximum Gasteiger partial charge on any atom is 0.256 e. The van der Waals surface area contributed by atoms with E-state index >= 15 is 0 Å². The van der Waals surface area contributed by atoms with E-state index in [2.05, 4.69) is 39.1 Å². The Morgan fingerprint density at radius 1 is 1.07 bits per heavy atom. The van der Waals surface area contributed by atoms with Crippen LogP contribution < -0.4 is 0 Å². The molecule has 2 aromatic rings. The summed E-state index contributed by atoms with van der Waals surface area (Å²) in [6.07, 6.45) is 7.90. The van der Waals surface area contributed by atoms with E-state index < -0.39 is 0 Å². The van der Waals surface area contributed by atoms with E-state index in [4.69, 9.17) is 0 Å². The van der Waals surface area contributed by atoms with E-state index in [1.807, 2.05) is 18.2 Å². The van der Waals surface area contributed by atoms with E-state index in [9.17, 15) is 9.59 Å². The van der Waals surface area contributed by atoms with Crippen molar-refractivity contribution < 1.29 is 9.59 Å². The van der Waals surface area contributed by atoms with E-state index in [1.54, 1.807) is 25.4 Å². The molecule has 1 aromatic carbocycles. The zero-order chi connectivity index (χ0) is 20.9. The summed E-state index contributed by atoms with van der Waals surface area (Å²) in [5.41, 5.74) is 1.73. The minimum absolute atomic E-state index is 0.00942. The highest BCUT2D eigenvalue weighted by Gasteiger charge is 2.64. The molecular weight excluding hydrogens is 376 g/mol. The second kappa shape index (κ2) is 7.18. The van der Waals surface area contributed by atoms with Gasteiger partial charge in [0.2, 0.25) is 5.91 Å². The van der Waals surface area contributed by atoms with Gasteiger partial charge in [-0.15, -0.1) is 0 Å². The Morgan fingerprint density at radius 2 is 1.80 bits per heavy atom. The molecular formula is C24H28N4O2. The molecule has 6 heteroatoms. The van der Waals surface area contributed by atoms with Crippen molar-refractivity contribution >= 4 is 11.8 Å². The number of carbonyl (C=O) groups is 2. The highest BCUT2D eigenvalue weighted by Crippen LogP contribution is 2.56. The number of benzene rings is 1. The Kier molecular flexibility index (Phi) is 4.60. The van der Waals surface area contributed by atoms with Gasteiger partial charge in [0, 0.05) is 24.4 Å². The zero-order valence-corrected chi connectivity index (χ0v) is 17.6. The maximum atomic E-state index is 13.7. The lowest BCUT2D eigenvalue weighted by atomic mass is 9.64. The molecule has 2 bridgehead atoms. The molecule has 0 radical (unpaired) electrons. The summed E-state index contributed by atoms with van der Waals surface area (Å²) < 4.78 is 0. The predicted octanol–water partition coefficient (Wildman–Crippen LogP) is 3.09. The summed E-state index contributed by atoms with van der Waals surface area (Å²) in [5.74, 6) is 0.144. The largest absolute Gasteiger partial charge is 0.334 e. The number of hydrogen-bond acceptors (Lipinski definition) is 4. The lowest BCUT2D eigenvalue weighted by molar-refractivity contribution is -0.142. The number of hydrogen-bond donors (Lipinski definition) is 0. The van der Waals surface area contributed by atoms with Gasteiger partial charge in [-0.2, -0.15) is 10.2 Å². The smallest absolute Gasteiger partial charge is 0.256 e. The van der Waals surface area contributed by atoms with Gasteiger partial charge in [0.25, 0.3) is 5.91 Å². The monoisotopic (exact) mass is 404 g/mol. The average molecular weight is 405 g/mol. The third-order valence-corrected chi connectivity index (χ3v) is 7.67. The third kappa shape index (κ3) is 2.84. The number of carbonyl (C=O) groups excluding carboxylic acids is 2. The number of nitrogens with zero attached hydrogens (tertiary/aromatic N) is 4. The molecule has 0 N–H and O–H groups in total. The molecule has 1 saturated carbocycles. The molecule has 30 heavy (non-hydrogen) atoms. The van der Waals surface area contributed by atoms with Crippen molar-refractivity contribution in [3.63, 3.8) is 0 Å². The Hall–Kier alpha value is -2.76. The number of fused-ring (bicyclic) bond motifs is 1. The highest BCUT2D eigenvalue weighted by atomic mass is 16.2. The van der Waals surface area contributed by atoms with Gasteiger partial charge in [0.05, 0.1) is 30.0 Å². The topological polar surface area (TPSA) is 66.4 Å². The Bertz CT molecular complexity index is 950. The molecule has 3 heterocycles. The van der Waals surface area contributed by atoms with E-state index in [0.717, 1.165) is 32.1 Å². The van der Waals surface area contributed by atoms with Crippen LogP contribution in [0.15, 0.2) is 48.8 Å². The normalized spacial score (nSPS) is 32.2. The van der Waals surface area contributed by atoms with Crippen LogP contribution in [0, 0.1) is 5.41 Å². The second-order valence-corrected chi connectivity index (χ2v) is 9.27. The molecule has 3 fully saturated rings. The first-order valence-electron chi connectivity index (χ1n) is 10.9. The molecule has 2 saturated heterocycles. The molecule has 3 aliphatic rings. The summed E-state index contributed by atoms with van der Waals surface area (Å²) in [7, 11) is 0. The van der Waals surface area contributed by atoms with Crippen LogP contribution in [-0.2, 0) is 11.2 Å². The van der Waals surface area contributed by atoms with Crippen molar-refractivity contribution in [1.82, 2.24) is 20.0 Å². The predicted molar refractivity (Wildman–Crippen MR) is 113 cm³/mol. The van der Waals surface area contributed by atoms with Crippen LogP contribution in [0.25, 0.3) is 0 Å². The Balaban J connectivity index is 1.59. The van der Waals surface area contributed by atoms with Gasteiger partial charge in [0.15, 0.2) is 0 Å². The first-order valence-corrected chi connectivity index (χ1v) is 10.9. The third-order valence-electron chi connectivity index (χ3n) is 7.67. The van der Waals surface area contributed by atoms with Gasteiger partial charge in [-0.05, 0) is 43.7 Å². The zero-order valence-electron chi connectivity index (χ0n) is 17.6. The van der Waals surface area contributed by atoms with Crippen molar-refractivity contribution in [2.75, 3.05) is 0 Å². The van der Waals surface area contributed by atoms with Crippen LogP contribution in [0.2, 0.25) is 0 Å². The Morgan fingerprint density at radius 3 is 2.47 bits per heavy atom.